The molecule has 3 heterocycles. The standard InChI is InChI=1S/C22H29N5O3/c1-6-30-8-7-25-20(28)18-19(24(5)22(25)29)23-21-26(12-16(4)13-27(18)21)17-10-14(2)9-15(3)11-17/h9-11,16H,6-8,12-13H2,1-5H3/p+1/t16-/m0/s1. The average Bonchev–Trinajstić information content (AvgIpc) is 3.07. The van der Waals surface area contributed by atoms with E-state index in [9.17, 15) is 9.59 Å². The average molecular weight is 413 g/mol. The fraction of sp³-hybridized carbons (Fsp3) is 0.500. The summed E-state index contributed by atoms with van der Waals surface area (Å²) in [5.41, 5.74) is 3.94. The zero-order valence-corrected chi connectivity index (χ0v) is 18.4. The van der Waals surface area contributed by atoms with Gasteiger partial charge in [-0.3, -0.25) is 13.9 Å². The molecule has 0 amide bonds. The van der Waals surface area contributed by atoms with E-state index in [2.05, 4.69) is 48.9 Å². The molecule has 1 aliphatic heterocycles. The number of benzene rings is 1. The van der Waals surface area contributed by atoms with E-state index in [0.29, 0.717) is 30.3 Å². The molecule has 3 aromatic rings. The number of H-pyrrole nitrogens is 1. The summed E-state index contributed by atoms with van der Waals surface area (Å²) in [6, 6.07) is 6.46. The van der Waals surface area contributed by atoms with E-state index in [4.69, 9.17) is 4.74 Å². The van der Waals surface area contributed by atoms with Crippen LogP contribution in [0.25, 0.3) is 11.2 Å². The van der Waals surface area contributed by atoms with Crippen LogP contribution in [-0.4, -0.2) is 33.9 Å². The van der Waals surface area contributed by atoms with Gasteiger partial charge in [-0.15, -0.1) is 0 Å². The first-order valence-electron chi connectivity index (χ1n) is 10.5. The summed E-state index contributed by atoms with van der Waals surface area (Å²) in [4.78, 5) is 31.8. The van der Waals surface area contributed by atoms with Crippen molar-refractivity contribution in [2.45, 2.75) is 40.8 Å². The van der Waals surface area contributed by atoms with Crippen LogP contribution in [-0.2, 0) is 24.9 Å². The number of fused-ring (bicyclic) bond motifs is 3. The summed E-state index contributed by atoms with van der Waals surface area (Å²) in [6.07, 6.45) is 0. The van der Waals surface area contributed by atoms with E-state index < -0.39 is 0 Å². The molecule has 4 rings (SSSR count). The van der Waals surface area contributed by atoms with Gasteiger partial charge in [-0.25, -0.2) is 19.2 Å². The van der Waals surface area contributed by atoms with Crippen LogP contribution < -0.4 is 20.7 Å². The molecule has 0 bridgehead atoms. The van der Waals surface area contributed by atoms with Crippen molar-refractivity contribution in [2.75, 3.05) is 24.7 Å². The monoisotopic (exact) mass is 412 g/mol. The Morgan fingerprint density at radius 1 is 1.20 bits per heavy atom. The molecule has 30 heavy (non-hydrogen) atoms. The highest BCUT2D eigenvalue weighted by molar-refractivity contribution is 5.70. The smallest absolute Gasteiger partial charge is 0.364 e. The first kappa shape index (κ1) is 20.4. The Labute approximate surface area is 175 Å². The predicted molar refractivity (Wildman–Crippen MR) is 117 cm³/mol. The maximum Gasteiger partial charge on any atom is 0.364 e. The van der Waals surface area contributed by atoms with Gasteiger partial charge in [-0.05, 0) is 44.0 Å². The molecule has 8 heteroatoms. The number of hydrogen-bond donors (Lipinski definition) is 1. The van der Waals surface area contributed by atoms with Crippen LogP contribution in [0.3, 0.4) is 0 Å². The number of aromatic amines is 1. The van der Waals surface area contributed by atoms with Gasteiger partial charge in [0.15, 0.2) is 0 Å². The number of anilines is 2. The third-order valence-corrected chi connectivity index (χ3v) is 5.71. The highest BCUT2D eigenvalue weighted by Crippen LogP contribution is 2.29. The summed E-state index contributed by atoms with van der Waals surface area (Å²) in [5.74, 6) is 1.18. The Balaban J connectivity index is 1.93. The molecule has 2 aromatic heterocycles. The minimum atomic E-state index is -0.336. The summed E-state index contributed by atoms with van der Waals surface area (Å²) in [7, 11) is 1.70. The zero-order chi connectivity index (χ0) is 21.6. The number of aromatic nitrogens is 4. The number of nitrogens with zero attached hydrogens (tertiary/aromatic N) is 4. The van der Waals surface area contributed by atoms with Crippen LogP contribution in [0, 0.1) is 19.8 Å². The molecule has 1 N–H and O–H groups in total. The predicted octanol–water partition coefficient (Wildman–Crippen LogP) is 1.76. The summed E-state index contributed by atoms with van der Waals surface area (Å²) in [6.45, 7) is 10.9. The maximum absolute atomic E-state index is 13.3. The molecule has 0 aliphatic carbocycles. The zero-order valence-electron chi connectivity index (χ0n) is 18.4. The second-order valence-corrected chi connectivity index (χ2v) is 8.31. The number of imidazole rings is 1. The second-order valence-electron chi connectivity index (χ2n) is 8.31. The van der Waals surface area contributed by atoms with Crippen LogP contribution in [0.2, 0.25) is 0 Å². The number of nitrogens with one attached hydrogen (secondary N) is 1. The quantitative estimate of drug-likeness (QED) is 0.512. The van der Waals surface area contributed by atoms with Crippen molar-refractivity contribution in [3.63, 3.8) is 0 Å². The number of rotatable bonds is 5. The molecule has 0 fully saturated rings. The van der Waals surface area contributed by atoms with Gasteiger partial charge in [0.2, 0.25) is 11.2 Å². The van der Waals surface area contributed by atoms with E-state index in [1.54, 1.807) is 7.05 Å². The fourth-order valence-corrected chi connectivity index (χ4v) is 4.41. The van der Waals surface area contributed by atoms with Gasteiger partial charge in [0, 0.05) is 19.6 Å². The summed E-state index contributed by atoms with van der Waals surface area (Å²) < 4.78 is 10.2. The van der Waals surface area contributed by atoms with E-state index in [0.717, 1.165) is 24.7 Å². The molecule has 0 unspecified atom stereocenters. The van der Waals surface area contributed by atoms with Crippen molar-refractivity contribution in [3.8, 4) is 0 Å². The molecule has 1 aromatic carbocycles. The topological polar surface area (TPSA) is 76.1 Å². The van der Waals surface area contributed by atoms with Crippen molar-refractivity contribution in [1.29, 1.82) is 0 Å². The number of aryl methyl sites for hydroxylation is 3. The van der Waals surface area contributed by atoms with E-state index in [1.165, 1.54) is 20.3 Å². The van der Waals surface area contributed by atoms with Gasteiger partial charge in [-0.1, -0.05) is 13.0 Å². The van der Waals surface area contributed by atoms with Gasteiger partial charge in [-0.2, -0.15) is 0 Å². The summed E-state index contributed by atoms with van der Waals surface area (Å²) >= 11 is 0. The van der Waals surface area contributed by atoms with Gasteiger partial charge in [0.25, 0.3) is 5.56 Å². The second kappa shape index (κ2) is 7.75. The maximum atomic E-state index is 13.3. The molecule has 0 saturated carbocycles. The minimum absolute atomic E-state index is 0.242. The lowest BCUT2D eigenvalue weighted by molar-refractivity contribution is -0.669. The largest absolute Gasteiger partial charge is 0.380 e. The third kappa shape index (κ3) is 3.35. The fourth-order valence-electron chi connectivity index (χ4n) is 4.41. The van der Waals surface area contributed by atoms with E-state index in [1.807, 2.05) is 11.5 Å². The molecule has 0 radical (unpaired) electrons. The first-order chi connectivity index (χ1) is 14.3. The Morgan fingerprint density at radius 3 is 2.57 bits per heavy atom. The Kier molecular flexibility index (Phi) is 5.27. The summed E-state index contributed by atoms with van der Waals surface area (Å²) in [5, 5.41) is 0. The molecular formula is C22H30N5O3+. The van der Waals surface area contributed by atoms with Crippen LogP contribution in [0.1, 0.15) is 25.0 Å². The van der Waals surface area contributed by atoms with Crippen molar-refractivity contribution in [1.82, 2.24) is 14.1 Å². The molecule has 0 spiro atoms. The van der Waals surface area contributed by atoms with Gasteiger partial charge < -0.3 is 4.74 Å². The SMILES string of the molecule is CCOCCn1c(=O)c2c([nH]c3[n+]2C[C@@H](C)CN3c2cc(C)cc(C)c2)n(C)c1=O. The van der Waals surface area contributed by atoms with Crippen molar-refractivity contribution >= 4 is 22.8 Å². The van der Waals surface area contributed by atoms with Crippen molar-refractivity contribution in [2.24, 2.45) is 13.0 Å². The molecule has 160 valence electrons. The van der Waals surface area contributed by atoms with E-state index >= 15 is 0 Å². The highest BCUT2D eigenvalue weighted by atomic mass is 16.5. The molecule has 1 aliphatic rings. The van der Waals surface area contributed by atoms with Crippen molar-refractivity contribution < 1.29 is 9.30 Å². The molecule has 1 atom stereocenters. The lowest BCUT2D eigenvalue weighted by Crippen LogP contribution is -2.52. The Hall–Kier alpha value is -2.87. The van der Waals surface area contributed by atoms with Crippen LogP contribution in [0.15, 0.2) is 27.8 Å². The van der Waals surface area contributed by atoms with Gasteiger partial charge in [0.05, 0.1) is 26.2 Å². The number of hydrogen-bond acceptors (Lipinski definition) is 4. The van der Waals surface area contributed by atoms with Crippen LogP contribution in [0.4, 0.5) is 11.6 Å². The van der Waals surface area contributed by atoms with Crippen LogP contribution in [0.5, 0.6) is 0 Å². The lowest BCUT2D eigenvalue weighted by atomic mass is 10.1. The van der Waals surface area contributed by atoms with E-state index in [-0.39, 0.29) is 17.8 Å². The van der Waals surface area contributed by atoms with Crippen LogP contribution >= 0.6 is 0 Å². The Morgan fingerprint density at radius 2 is 1.90 bits per heavy atom. The normalized spacial score (nSPS) is 16.3. The lowest BCUT2D eigenvalue weighted by Gasteiger charge is -2.27. The Bertz CT molecular complexity index is 1200. The minimum Gasteiger partial charge on any atom is -0.380 e. The van der Waals surface area contributed by atoms with Gasteiger partial charge >= 0.3 is 11.6 Å². The first-order valence-corrected chi connectivity index (χ1v) is 10.5. The molecule has 8 nitrogen and oxygen atoms in total. The highest BCUT2D eigenvalue weighted by Gasteiger charge is 2.36. The van der Waals surface area contributed by atoms with Crippen molar-refractivity contribution in [3.05, 3.63) is 50.2 Å². The number of ether oxygens (including phenoxy) is 1. The molecular weight excluding hydrogens is 382 g/mol. The molecule has 0 saturated heterocycles. The third-order valence-electron chi connectivity index (χ3n) is 5.71. The van der Waals surface area contributed by atoms with Gasteiger partial charge in [0.1, 0.15) is 5.69 Å².